The van der Waals surface area contributed by atoms with Gasteiger partial charge in [0.2, 0.25) is 0 Å². The maximum absolute atomic E-state index is 10.7. The maximum atomic E-state index is 10.7. The summed E-state index contributed by atoms with van der Waals surface area (Å²) in [7, 11) is 0. The Bertz CT molecular complexity index is 175. The van der Waals surface area contributed by atoms with Crippen LogP contribution in [0.3, 0.4) is 0 Å². The summed E-state index contributed by atoms with van der Waals surface area (Å²) >= 11 is 0. The van der Waals surface area contributed by atoms with Crippen LogP contribution in [0.25, 0.3) is 0 Å². The molecule has 0 heterocycles. The average molecular weight is 171 g/mol. The van der Waals surface area contributed by atoms with Gasteiger partial charge in [0.05, 0.1) is 0 Å². The van der Waals surface area contributed by atoms with Gasteiger partial charge in [0, 0.05) is 6.04 Å². The molecule has 0 spiro atoms. The molecule has 0 saturated heterocycles. The standard InChI is InChI=1S/C9H17NO2/c1-6(2)5-8(9(11)12)10-7(3)4/h7-8,10H,1,5H2,2-4H3,(H,11,12). The van der Waals surface area contributed by atoms with Gasteiger partial charge in [0.15, 0.2) is 0 Å². The van der Waals surface area contributed by atoms with Crippen LogP contribution in [0.5, 0.6) is 0 Å². The number of nitrogens with one attached hydrogen (secondary N) is 1. The minimum Gasteiger partial charge on any atom is -0.480 e. The predicted molar refractivity (Wildman–Crippen MR) is 49.1 cm³/mol. The molecule has 0 bridgehead atoms. The fraction of sp³-hybridized carbons (Fsp3) is 0.667. The molecule has 1 unspecified atom stereocenters. The van der Waals surface area contributed by atoms with Crippen LogP contribution >= 0.6 is 0 Å². The fourth-order valence-corrected chi connectivity index (χ4v) is 0.968. The average Bonchev–Trinajstić information content (AvgIpc) is 1.83. The molecule has 0 aromatic heterocycles. The van der Waals surface area contributed by atoms with E-state index in [2.05, 4.69) is 11.9 Å². The van der Waals surface area contributed by atoms with Crippen molar-refractivity contribution in [1.29, 1.82) is 0 Å². The summed E-state index contributed by atoms with van der Waals surface area (Å²) in [6.45, 7) is 9.36. The van der Waals surface area contributed by atoms with Crippen LogP contribution in [-0.4, -0.2) is 23.2 Å². The quantitative estimate of drug-likeness (QED) is 0.615. The van der Waals surface area contributed by atoms with E-state index in [4.69, 9.17) is 5.11 Å². The Morgan fingerprint density at radius 2 is 2.08 bits per heavy atom. The first-order chi connectivity index (χ1) is 5.43. The van der Waals surface area contributed by atoms with E-state index in [9.17, 15) is 4.79 Å². The molecule has 0 aliphatic heterocycles. The summed E-state index contributed by atoms with van der Waals surface area (Å²) in [6, 6.07) is -0.312. The lowest BCUT2D eigenvalue weighted by molar-refractivity contribution is -0.139. The van der Waals surface area contributed by atoms with Crippen molar-refractivity contribution in [3.8, 4) is 0 Å². The molecule has 3 nitrogen and oxygen atoms in total. The number of hydrogen-bond acceptors (Lipinski definition) is 2. The summed E-state index contributed by atoms with van der Waals surface area (Å²) < 4.78 is 0. The van der Waals surface area contributed by atoms with E-state index >= 15 is 0 Å². The van der Waals surface area contributed by atoms with E-state index in [0.717, 1.165) is 5.57 Å². The normalized spacial score (nSPS) is 13.0. The maximum Gasteiger partial charge on any atom is 0.321 e. The van der Waals surface area contributed by atoms with E-state index < -0.39 is 12.0 Å². The minimum absolute atomic E-state index is 0.186. The number of carbonyl (C=O) groups is 1. The van der Waals surface area contributed by atoms with Crippen molar-refractivity contribution in [1.82, 2.24) is 5.32 Å². The summed E-state index contributed by atoms with van der Waals surface area (Å²) in [6.07, 6.45) is 0.494. The monoisotopic (exact) mass is 171 g/mol. The van der Waals surface area contributed by atoms with Crippen LogP contribution in [0, 0.1) is 0 Å². The lowest BCUT2D eigenvalue weighted by Gasteiger charge is -2.16. The highest BCUT2D eigenvalue weighted by Crippen LogP contribution is 2.02. The van der Waals surface area contributed by atoms with Crippen molar-refractivity contribution in [2.24, 2.45) is 0 Å². The van der Waals surface area contributed by atoms with Gasteiger partial charge in [-0.25, -0.2) is 0 Å². The van der Waals surface area contributed by atoms with E-state index in [1.807, 2.05) is 20.8 Å². The summed E-state index contributed by atoms with van der Waals surface area (Å²) in [5, 5.41) is 11.7. The van der Waals surface area contributed by atoms with Crippen molar-refractivity contribution in [3.63, 3.8) is 0 Å². The van der Waals surface area contributed by atoms with Crippen molar-refractivity contribution in [2.45, 2.75) is 39.3 Å². The van der Waals surface area contributed by atoms with Gasteiger partial charge in [-0.1, -0.05) is 19.4 Å². The molecule has 12 heavy (non-hydrogen) atoms. The van der Waals surface area contributed by atoms with Crippen molar-refractivity contribution in [3.05, 3.63) is 12.2 Å². The van der Waals surface area contributed by atoms with E-state index in [0.29, 0.717) is 6.42 Å². The zero-order valence-corrected chi connectivity index (χ0v) is 7.92. The van der Waals surface area contributed by atoms with Gasteiger partial charge < -0.3 is 10.4 Å². The summed E-state index contributed by atoms with van der Waals surface area (Å²) in [5.41, 5.74) is 0.885. The minimum atomic E-state index is -0.813. The van der Waals surface area contributed by atoms with Crippen LogP contribution in [0.1, 0.15) is 27.2 Å². The van der Waals surface area contributed by atoms with Crippen LogP contribution < -0.4 is 5.32 Å². The SMILES string of the molecule is C=C(C)CC(NC(C)C)C(=O)O. The molecule has 0 rings (SSSR count). The first kappa shape index (κ1) is 11.2. The topological polar surface area (TPSA) is 49.3 Å². The zero-order chi connectivity index (χ0) is 9.72. The van der Waals surface area contributed by atoms with E-state index in [-0.39, 0.29) is 6.04 Å². The molecule has 3 heteroatoms. The molecular formula is C9H17NO2. The molecule has 0 aliphatic carbocycles. The van der Waals surface area contributed by atoms with Gasteiger partial charge in [-0.2, -0.15) is 0 Å². The number of hydrogen-bond donors (Lipinski definition) is 2. The first-order valence-corrected chi connectivity index (χ1v) is 4.06. The lowest BCUT2D eigenvalue weighted by atomic mass is 10.1. The van der Waals surface area contributed by atoms with Gasteiger partial charge in [0.25, 0.3) is 0 Å². The van der Waals surface area contributed by atoms with Crippen molar-refractivity contribution >= 4 is 5.97 Å². The number of rotatable bonds is 5. The molecule has 1 atom stereocenters. The zero-order valence-electron chi connectivity index (χ0n) is 7.92. The van der Waals surface area contributed by atoms with Crippen LogP contribution in [0.4, 0.5) is 0 Å². The predicted octanol–water partition coefficient (Wildman–Crippen LogP) is 1.40. The van der Waals surface area contributed by atoms with Crippen molar-refractivity contribution < 1.29 is 9.90 Å². The molecule has 70 valence electrons. The fourth-order valence-electron chi connectivity index (χ4n) is 0.968. The highest BCUT2D eigenvalue weighted by atomic mass is 16.4. The van der Waals surface area contributed by atoms with Gasteiger partial charge >= 0.3 is 5.97 Å². The van der Waals surface area contributed by atoms with E-state index in [1.165, 1.54) is 0 Å². The Hall–Kier alpha value is -0.830. The summed E-state index contributed by atoms with van der Waals surface area (Å²) in [5.74, 6) is -0.813. The Morgan fingerprint density at radius 3 is 2.33 bits per heavy atom. The van der Waals surface area contributed by atoms with E-state index in [1.54, 1.807) is 0 Å². The van der Waals surface area contributed by atoms with Gasteiger partial charge in [0.1, 0.15) is 6.04 Å². The Kier molecular flexibility index (Phi) is 4.59. The van der Waals surface area contributed by atoms with Crippen LogP contribution in [-0.2, 0) is 4.79 Å². The third kappa shape index (κ3) is 4.91. The highest BCUT2D eigenvalue weighted by molar-refractivity contribution is 5.73. The molecule has 0 amide bonds. The second-order valence-electron chi connectivity index (χ2n) is 3.37. The number of carboxylic acid groups (broad SMARTS) is 1. The smallest absolute Gasteiger partial charge is 0.321 e. The Balaban J connectivity index is 4.04. The third-order valence-corrected chi connectivity index (χ3v) is 1.39. The number of carboxylic acids is 1. The second kappa shape index (κ2) is 4.93. The summed E-state index contributed by atoms with van der Waals surface area (Å²) in [4.78, 5) is 10.7. The molecule has 0 fully saturated rings. The highest BCUT2D eigenvalue weighted by Gasteiger charge is 2.17. The Morgan fingerprint density at radius 1 is 1.58 bits per heavy atom. The molecular weight excluding hydrogens is 154 g/mol. The van der Waals surface area contributed by atoms with Crippen LogP contribution in [0.15, 0.2) is 12.2 Å². The molecule has 0 radical (unpaired) electrons. The third-order valence-electron chi connectivity index (χ3n) is 1.39. The van der Waals surface area contributed by atoms with Gasteiger partial charge in [-0.05, 0) is 13.3 Å². The molecule has 0 aromatic rings. The number of aliphatic carboxylic acids is 1. The molecule has 0 saturated carbocycles. The second-order valence-corrected chi connectivity index (χ2v) is 3.37. The molecule has 2 N–H and O–H groups in total. The molecule has 0 aromatic carbocycles. The first-order valence-electron chi connectivity index (χ1n) is 4.06. The lowest BCUT2D eigenvalue weighted by Crippen LogP contribution is -2.40. The largest absolute Gasteiger partial charge is 0.480 e. The van der Waals surface area contributed by atoms with Crippen molar-refractivity contribution in [2.75, 3.05) is 0 Å². The van der Waals surface area contributed by atoms with Crippen LogP contribution in [0.2, 0.25) is 0 Å². The Labute approximate surface area is 73.5 Å². The molecule has 0 aliphatic rings. The van der Waals surface area contributed by atoms with Gasteiger partial charge in [-0.15, -0.1) is 6.58 Å². The van der Waals surface area contributed by atoms with Gasteiger partial charge in [-0.3, -0.25) is 4.79 Å².